The average Bonchev–Trinajstić information content (AvgIpc) is 3.01. The minimum Gasteiger partial charge on any atom is -0.497 e. The Labute approximate surface area is 227 Å². The molecule has 0 spiro atoms. The molecule has 0 aliphatic carbocycles. The maximum Gasteiger partial charge on any atom is 0.259 e. The highest BCUT2D eigenvalue weighted by Crippen LogP contribution is 2.46. The number of fused-ring (bicyclic) bond motifs is 3. The van der Waals surface area contributed by atoms with Gasteiger partial charge < -0.3 is 19.5 Å². The highest BCUT2D eigenvalue weighted by Gasteiger charge is 2.39. The van der Waals surface area contributed by atoms with Gasteiger partial charge in [0, 0.05) is 22.4 Å². The Morgan fingerprint density at radius 2 is 1.33 bits per heavy atom. The summed E-state index contributed by atoms with van der Waals surface area (Å²) in [5.74, 6) is 1.78. The van der Waals surface area contributed by atoms with E-state index in [-0.39, 0.29) is 5.91 Å². The molecule has 39 heavy (non-hydrogen) atoms. The molecule has 1 heterocycles. The number of hydrogen-bond donors (Lipinski definition) is 1. The first-order chi connectivity index (χ1) is 19.1. The maximum absolute atomic E-state index is 13.7. The number of ether oxygens (including phenoxy) is 3. The lowest BCUT2D eigenvalue weighted by molar-refractivity contribution is 0.101. The van der Waals surface area contributed by atoms with Crippen molar-refractivity contribution in [3.63, 3.8) is 0 Å². The van der Waals surface area contributed by atoms with Crippen molar-refractivity contribution in [2.24, 2.45) is 0 Å². The number of anilines is 1. The highest BCUT2D eigenvalue weighted by molar-refractivity contribution is 6.11. The van der Waals surface area contributed by atoms with Crippen molar-refractivity contribution in [1.82, 2.24) is 0 Å². The number of carbonyl (C=O) groups excluding carboxylic acids is 1. The summed E-state index contributed by atoms with van der Waals surface area (Å²) in [5, 5.41) is 5.01. The van der Waals surface area contributed by atoms with Crippen LogP contribution < -0.4 is 19.5 Å². The Bertz CT molecular complexity index is 1630. The molecule has 5 aromatic rings. The van der Waals surface area contributed by atoms with Gasteiger partial charge in [-0.3, -0.25) is 4.79 Å². The lowest BCUT2D eigenvalue weighted by Gasteiger charge is -2.37. The van der Waals surface area contributed by atoms with E-state index < -0.39 is 5.60 Å². The first-order valence-electron chi connectivity index (χ1n) is 12.7. The molecule has 192 valence electrons. The fraction of sp³-hybridized carbons (Fsp3) is 0.0882. The predicted molar refractivity (Wildman–Crippen MR) is 155 cm³/mol. The van der Waals surface area contributed by atoms with Crippen molar-refractivity contribution in [3.8, 4) is 17.2 Å². The van der Waals surface area contributed by atoms with E-state index in [0.29, 0.717) is 17.0 Å². The Morgan fingerprint density at radius 3 is 1.95 bits per heavy atom. The standard InChI is InChI=1S/C34H27NO4/c1-37-27-16-12-24(13-17-27)34(25-14-18-28(38-2)19-15-25)21-20-30-29-11-7-6-8-23(29)22-31(32(30)39-34)33(36)35-26-9-4-3-5-10-26/h3-22H,1-2H3,(H,35,36). The molecule has 0 bridgehead atoms. The van der Waals surface area contributed by atoms with Crippen LogP contribution in [-0.2, 0) is 5.60 Å². The van der Waals surface area contributed by atoms with Crippen molar-refractivity contribution < 1.29 is 19.0 Å². The fourth-order valence-electron chi connectivity index (χ4n) is 5.07. The summed E-state index contributed by atoms with van der Waals surface area (Å²) < 4.78 is 17.8. The summed E-state index contributed by atoms with van der Waals surface area (Å²) in [5.41, 5.74) is 2.85. The van der Waals surface area contributed by atoms with E-state index in [4.69, 9.17) is 14.2 Å². The first-order valence-corrected chi connectivity index (χ1v) is 12.7. The van der Waals surface area contributed by atoms with Crippen molar-refractivity contribution in [2.75, 3.05) is 19.5 Å². The summed E-state index contributed by atoms with van der Waals surface area (Å²) in [6, 6.07) is 35.0. The first kappa shape index (κ1) is 24.3. The summed E-state index contributed by atoms with van der Waals surface area (Å²) in [4.78, 5) is 13.7. The number of nitrogens with one attached hydrogen (secondary N) is 1. The summed E-state index contributed by atoms with van der Waals surface area (Å²) in [6.07, 6.45) is 4.12. The fourth-order valence-corrected chi connectivity index (χ4v) is 5.07. The molecule has 5 nitrogen and oxygen atoms in total. The van der Waals surface area contributed by atoms with Crippen LogP contribution in [0.25, 0.3) is 16.8 Å². The summed E-state index contributed by atoms with van der Waals surface area (Å²) in [7, 11) is 3.29. The number of methoxy groups -OCH3 is 2. The van der Waals surface area contributed by atoms with Crippen molar-refractivity contribution >= 4 is 28.4 Å². The monoisotopic (exact) mass is 513 g/mol. The molecule has 1 amide bonds. The van der Waals surface area contributed by atoms with Gasteiger partial charge in [-0.05, 0) is 65.4 Å². The van der Waals surface area contributed by atoms with Gasteiger partial charge in [0.1, 0.15) is 17.2 Å². The van der Waals surface area contributed by atoms with Gasteiger partial charge in [-0.1, -0.05) is 66.7 Å². The van der Waals surface area contributed by atoms with E-state index in [1.807, 2.05) is 103 Å². The topological polar surface area (TPSA) is 56.8 Å². The van der Waals surface area contributed by atoms with Gasteiger partial charge in [0.05, 0.1) is 19.8 Å². The lowest BCUT2D eigenvalue weighted by atomic mass is 9.82. The van der Waals surface area contributed by atoms with Gasteiger partial charge in [0.15, 0.2) is 5.60 Å². The summed E-state index contributed by atoms with van der Waals surface area (Å²) in [6.45, 7) is 0. The maximum atomic E-state index is 13.7. The highest BCUT2D eigenvalue weighted by atomic mass is 16.5. The van der Waals surface area contributed by atoms with Crippen molar-refractivity contribution in [3.05, 3.63) is 138 Å². The van der Waals surface area contributed by atoms with Crippen LogP contribution in [0.5, 0.6) is 17.2 Å². The molecule has 6 rings (SSSR count). The third-order valence-electron chi connectivity index (χ3n) is 7.10. The second kappa shape index (κ2) is 10.0. The van der Waals surface area contributed by atoms with E-state index >= 15 is 0 Å². The van der Waals surface area contributed by atoms with Crippen LogP contribution >= 0.6 is 0 Å². The van der Waals surface area contributed by atoms with Crippen LogP contribution in [0.3, 0.4) is 0 Å². The number of amides is 1. The molecule has 0 atom stereocenters. The summed E-state index contributed by atoms with van der Waals surface area (Å²) >= 11 is 0. The number of benzene rings is 5. The molecule has 5 heteroatoms. The second-order valence-corrected chi connectivity index (χ2v) is 9.34. The largest absolute Gasteiger partial charge is 0.497 e. The molecule has 5 aromatic carbocycles. The molecular formula is C34H27NO4. The molecule has 0 saturated carbocycles. The van der Waals surface area contributed by atoms with Crippen LogP contribution in [0.2, 0.25) is 0 Å². The molecule has 0 aromatic heterocycles. The molecule has 0 unspecified atom stereocenters. The minimum absolute atomic E-state index is 0.239. The Balaban J connectivity index is 1.55. The third kappa shape index (κ3) is 4.38. The SMILES string of the molecule is COc1ccc(C2(c3ccc(OC)cc3)C=Cc3c(c(C(=O)Nc4ccccc4)cc4ccccc34)O2)cc1. The Morgan fingerprint density at radius 1 is 0.744 bits per heavy atom. The Kier molecular flexibility index (Phi) is 6.25. The van der Waals surface area contributed by atoms with Gasteiger partial charge in [-0.15, -0.1) is 0 Å². The van der Waals surface area contributed by atoms with Crippen molar-refractivity contribution in [2.45, 2.75) is 5.60 Å². The van der Waals surface area contributed by atoms with Gasteiger partial charge in [0.25, 0.3) is 5.91 Å². The molecule has 0 radical (unpaired) electrons. The van der Waals surface area contributed by atoms with Crippen LogP contribution in [0, 0.1) is 0 Å². The zero-order chi connectivity index (χ0) is 26.8. The van der Waals surface area contributed by atoms with E-state index in [0.717, 1.165) is 39.0 Å². The van der Waals surface area contributed by atoms with Gasteiger partial charge >= 0.3 is 0 Å². The quantitative estimate of drug-likeness (QED) is 0.256. The van der Waals surface area contributed by atoms with Gasteiger partial charge in [0.2, 0.25) is 0 Å². The second-order valence-electron chi connectivity index (χ2n) is 9.34. The minimum atomic E-state index is -0.990. The Hall–Kier alpha value is -5.03. The third-order valence-corrected chi connectivity index (χ3v) is 7.10. The zero-order valence-electron chi connectivity index (χ0n) is 21.7. The normalized spacial score (nSPS) is 13.3. The molecule has 1 aliphatic rings. The number of rotatable bonds is 6. The average molecular weight is 514 g/mol. The predicted octanol–water partition coefficient (Wildman–Crippen LogP) is 7.46. The molecule has 0 saturated heterocycles. The van der Waals surface area contributed by atoms with Crippen LogP contribution in [0.4, 0.5) is 5.69 Å². The molecular weight excluding hydrogens is 486 g/mol. The molecule has 0 fully saturated rings. The van der Waals surface area contributed by atoms with Crippen molar-refractivity contribution in [1.29, 1.82) is 0 Å². The van der Waals surface area contributed by atoms with Crippen LogP contribution in [-0.4, -0.2) is 20.1 Å². The van der Waals surface area contributed by atoms with E-state index in [1.54, 1.807) is 14.2 Å². The van der Waals surface area contributed by atoms with Crippen LogP contribution in [0.15, 0.2) is 115 Å². The van der Waals surface area contributed by atoms with Crippen LogP contribution in [0.1, 0.15) is 27.0 Å². The zero-order valence-corrected chi connectivity index (χ0v) is 21.7. The smallest absolute Gasteiger partial charge is 0.259 e. The number of para-hydroxylation sites is 1. The van der Waals surface area contributed by atoms with E-state index in [9.17, 15) is 4.79 Å². The lowest BCUT2D eigenvalue weighted by Crippen LogP contribution is -2.35. The van der Waals surface area contributed by atoms with Gasteiger partial charge in [-0.2, -0.15) is 0 Å². The molecule has 1 aliphatic heterocycles. The van der Waals surface area contributed by atoms with E-state index in [2.05, 4.69) is 23.5 Å². The number of carbonyl (C=O) groups is 1. The van der Waals surface area contributed by atoms with E-state index in [1.165, 1.54) is 0 Å². The molecule has 1 N–H and O–H groups in total. The van der Waals surface area contributed by atoms with Gasteiger partial charge in [-0.25, -0.2) is 0 Å². The number of hydrogen-bond acceptors (Lipinski definition) is 4.